The van der Waals surface area contributed by atoms with Crippen LogP contribution in [0.3, 0.4) is 0 Å². The lowest BCUT2D eigenvalue weighted by molar-refractivity contribution is -0.479. The third kappa shape index (κ3) is 0.238. The molecule has 0 aromatic heterocycles. The quantitative estimate of drug-likeness (QED) is 0.598. The van der Waals surface area contributed by atoms with Crippen molar-refractivity contribution in [2.75, 3.05) is 6.61 Å². The van der Waals surface area contributed by atoms with Gasteiger partial charge in [-0.1, -0.05) is 0 Å². The van der Waals surface area contributed by atoms with Crippen molar-refractivity contribution in [1.29, 1.82) is 0 Å². The first-order chi connectivity index (χ1) is 5.91. The molecular formula is C11H14O. The summed E-state index contributed by atoms with van der Waals surface area (Å²) in [6, 6.07) is 0. The smallest absolute Gasteiger partial charge is 0.0783 e. The highest BCUT2D eigenvalue weighted by atomic mass is 16.5. The summed E-state index contributed by atoms with van der Waals surface area (Å²) in [4.78, 5) is 0. The van der Waals surface area contributed by atoms with Crippen molar-refractivity contribution in [2.45, 2.75) is 18.9 Å². The predicted octanol–water partition coefficient (Wildman–Crippen LogP) is 1.53. The van der Waals surface area contributed by atoms with Crippen molar-refractivity contribution >= 4 is 0 Å². The van der Waals surface area contributed by atoms with E-state index in [-0.39, 0.29) is 0 Å². The summed E-state index contributed by atoms with van der Waals surface area (Å²) in [7, 11) is 0. The van der Waals surface area contributed by atoms with Crippen LogP contribution in [0.5, 0.6) is 0 Å². The van der Waals surface area contributed by atoms with E-state index in [0.29, 0.717) is 5.60 Å². The molecule has 6 rings (SSSR count). The second kappa shape index (κ2) is 1.21. The Balaban J connectivity index is 1.65. The Labute approximate surface area is 72.5 Å². The molecule has 0 aliphatic heterocycles. The van der Waals surface area contributed by atoms with Crippen molar-refractivity contribution < 1.29 is 4.74 Å². The number of hydrogen-bond donors (Lipinski definition) is 0. The fourth-order valence-electron chi connectivity index (χ4n) is 6.32. The summed E-state index contributed by atoms with van der Waals surface area (Å²) >= 11 is 0. The van der Waals surface area contributed by atoms with E-state index in [1.54, 1.807) is 6.42 Å². The molecule has 0 radical (unpaired) electrons. The molecule has 2 bridgehead atoms. The van der Waals surface area contributed by atoms with Gasteiger partial charge in [0, 0.05) is 6.61 Å². The minimum absolute atomic E-state index is 0.502. The Morgan fingerprint density at radius 2 is 1.92 bits per heavy atom. The van der Waals surface area contributed by atoms with Crippen molar-refractivity contribution in [2.24, 2.45) is 41.4 Å². The topological polar surface area (TPSA) is 9.23 Å². The molecule has 0 amide bonds. The maximum atomic E-state index is 6.02. The highest BCUT2D eigenvalue weighted by Gasteiger charge is 2.98. The number of ether oxygens (including phenoxy) is 1. The maximum absolute atomic E-state index is 6.02. The lowest BCUT2D eigenvalue weighted by Crippen LogP contribution is -2.93. The summed E-state index contributed by atoms with van der Waals surface area (Å²) < 4.78 is 6.02. The molecule has 0 aromatic carbocycles. The van der Waals surface area contributed by atoms with Gasteiger partial charge in [-0.25, -0.2) is 0 Å². The molecule has 0 heterocycles. The van der Waals surface area contributed by atoms with Crippen LogP contribution < -0.4 is 0 Å². The van der Waals surface area contributed by atoms with Gasteiger partial charge in [0.2, 0.25) is 0 Å². The van der Waals surface area contributed by atoms with Crippen LogP contribution in [0, 0.1) is 41.4 Å². The highest BCUT2D eigenvalue weighted by Crippen LogP contribution is 2.96. The van der Waals surface area contributed by atoms with Crippen molar-refractivity contribution in [3.63, 3.8) is 0 Å². The van der Waals surface area contributed by atoms with Gasteiger partial charge in [-0.2, -0.15) is 0 Å². The molecule has 0 saturated heterocycles. The summed E-state index contributed by atoms with van der Waals surface area (Å²) in [6.07, 6.45) is 1.59. The Morgan fingerprint density at radius 1 is 1.17 bits per heavy atom. The molecule has 0 N–H and O–H groups in total. The van der Waals surface area contributed by atoms with Crippen molar-refractivity contribution in [3.05, 3.63) is 0 Å². The van der Waals surface area contributed by atoms with Crippen LogP contribution >= 0.6 is 0 Å². The molecule has 6 aliphatic carbocycles. The SMILES string of the molecule is CCOC12C3C4CC5C3C1C5C42. The lowest BCUT2D eigenvalue weighted by Gasteiger charge is -2.90. The Morgan fingerprint density at radius 3 is 2.50 bits per heavy atom. The first-order valence-electron chi connectivity index (χ1n) is 5.55. The fraction of sp³-hybridized carbons (Fsp3) is 1.00. The molecule has 6 saturated carbocycles. The van der Waals surface area contributed by atoms with Crippen LogP contribution in [-0.2, 0) is 4.74 Å². The average molecular weight is 162 g/mol. The van der Waals surface area contributed by atoms with Gasteiger partial charge in [0.25, 0.3) is 0 Å². The Bertz CT molecular complexity index is 273. The standard InChI is InChI=1S/C11H14O/c1-2-12-11-8-5-3-4-6(8)10(11)7(4)9(5)11/h4-10H,2-3H2,1H3. The lowest BCUT2D eigenvalue weighted by atomic mass is 9.17. The van der Waals surface area contributed by atoms with E-state index in [2.05, 4.69) is 6.92 Å². The van der Waals surface area contributed by atoms with Gasteiger partial charge in [0.15, 0.2) is 0 Å². The second-order valence-corrected chi connectivity index (χ2v) is 5.58. The van der Waals surface area contributed by atoms with Crippen LogP contribution in [0.25, 0.3) is 0 Å². The monoisotopic (exact) mass is 162 g/mol. The summed E-state index contributed by atoms with van der Waals surface area (Å²) in [5.74, 6) is 7.84. The number of hydrogen-bond acceptors (Lipinski definition) is 1. The molecule has 0 aromatic rings. The average Bonchev–Trinajstić information content (AvgIpc) is 2.33. The van der Waals surface area contributed by atoms with Crippen molar-refractivity contribution in [1.82, 2.24) is 0 Å². The van der Waals surface area contributed by atoms with Crippen LogP contribution in [0.15, 0.2) is 0 Å². The van der Waals surface area contributed by atoms with E-state index in [9.17, 15) is 0 Å². The van der Waals surface area contributed by atoms with Crippen LogP contribution in [0.2, 0.25) is 0 Å². The zero-order chi connectivity index (χ0) is 7.66. The summed E-state index contributed by atoms with van der Waals surface area (Å²) in [5.41, 5.74) is 0.502. The predicted molar refractivity (Wildman–Crippen MR) is 43.4 cm³/mol. The normalized spacial score (nSPS) is 83.2. The molecule has 0 spiro atoms. The van der Waals surface area contributed by atoms with Gasteiger partial charge in [0.05, 0.1) is 5.60 Å². The van der Waals surface area contributed by atoms with Gasteiger partial charge in [0.1, 0.15) is 0 Å². The summed E-state index contributed by atoms with van der Waals surface area (Å²) in [6.45, 7) is 3.12. The first kappa shape index (κ1) is 5.64. The van der Waals surface area contributed by atoms with E-state index in [0.717, 1.165) is 42.1 Å². The van der Waals surface area contributed by atoms with E-state index in [1.807, 2.05) is 0 Å². The molecule has 4 atom stereocenters. The van der Waals surface area contributed by atoms with Gasteiger partial charge in [-0.15, -0.1) is 0 Å². The molecular weight excluding hydrogens is 148 g/mol. The zero-order valence-electron chi connectivity index (χ0n) is 7.36. The third-order valence-electron chi connectivity index (χ3n) is 6.07. The second-order valence-electron chi connectivity index (χ2n) is 5.58. The molecule has 1 nitrogen and oxygen atoms in total. The van der Waals surface area contributed by atoms with E-state index in [1.165, 1.54) is 5.92 Å². The van der Waals surface area contributed by atoms with E-state index in [4.69, 9.17) is 4.74 Å². The van der Waals surface area contributed by atoms with E-state index < -0.39 is 0 Å². The van der Waals surface area contributed by atoms with Crippen LogP contribution in [0.4, 0.5) is 0 Å². The Hall–Kier alpha value is -0.0400. The minimum Gasteiger partial charge on any atom is -0.374 e. The zero-order valence-corrected chi connectivity index (χ0v) is 7.36. The highest BCUT2D eigenvalue weighted by molar-refractivity contribution is 5.46. The molecule has 6 aliphatic rings. The third-order valence-corrected chi connectivity index (χ3v) is 6.07. The van der Waals surface area contributed by atoms with E-state index >= 15 is 0 Å². The molecule has 12 heavy (non-hydrogen) atoms. The fourth-order valence-corrected chi connectivity index (χ4v) is 6.32. The Kier molecular flexibility index (Phi) is 0.569. The first-order valence-corrected chi connectivity index (χ1v) is 5.55. The minimum atomic E-state index is 0.502. The molecule has 4 unspecified atom stereocenters. The van der Waals surface area contributed by atoms with Crippen LogP contribution in [-0.4, -0.2) is 12.2 Å². The number of rotatable bonds is 2. The van der Waals surface area contributed by atoms with Gasteiger partial charge < -0.3 is 4.74 Å². The molecule has 1 heteroatoms. The van der Waals surface area contributed by atoms with Gasteiger partial charge in [-0.05, 0) is 54.8 Å². The molecule has 6 fully saturated rings. The summed E-state index contributed by atoms with van der Waals surface area (Å²) in [5, 5.41) is 0. The van der Waals surface area contributed by atoms with Gasteiger partial charge in [-0.3, -0.25) is 0 Å². The molecule has 64 valence electrons. The van der Waals surface area contributed by atoms with Crippen LogP contribution in [0.1, 0.15) is 13.3 Å². The van der Waals surface area contributed by atoms with Gasteiger partial charge >= 0.3 is 0 Å². The maximum Gasteiger partial charge on any atom is 0.0783 e. The van der Waals surface area contributed by atoms with Crippen molar-refractivity contribution in [3.8, 4) is 0 Å². The largest absolute Gasteiger partial charge is 0.374 e.